The normalized spacial score (nSPS) is 23.1. The Morgan fingerprint density at radius 1 is 1.75 bits per heavy atom. The van der Waals surface area contributed by atoms with Gasteiger partial charge in [0.05, 0.1) is 5.33 Å². The minimum Gasteiger partial charge on any atom is -0.354 e. The second-order valence-corrected chi connectivity index (χ2v) is 3.30. The Morgan fingerprint density at radius 2 is 2.50 bits per heavy atom. The number of nitrogens with one attached hydrogen (secondary N) is 2. The molecule has 1 aliphatic rings. The third-order valence-corrected chi connectivity index (χ3v) is 2.26. The summed E-state index contributed by atoms with van der Waals surface area (Å²) in [4.78, 5) is 21.6. The van der Waals surface area contributed by atoms with Gasteiger partial charge in [-0.1, -0.05) is 15.9 Å². The maximum atomic E-state index is 10.9. The Hall–Kier alpha value is -0.580. The lowest BCUT2D eigenvalue weighted by Gasteiger charge is -2.22. The Bertz CT molecular complexity index is 186. The van der Waals surface area contributed by atoms with E-state index in [1.807, 2.05) is 0 Å². The summed E-state index contributed by atoms with van der Waals surface area (Å²) in [5.74, 6) is 0.0375. The van der Waals surface area contributed by atoms with Crippen molar-refractivity contribution in [2.45, 2.75) is 18.9 Å². The Kier molecular flexibility index (Phi) is 3.52. The van der Waals surface area contributed by atoms with Crippen LogP contribution in [0.25, 0.3) is 0 Å². The predicted molar refractivity (Wildman–Crippen MR) is 48.0 cm³/mol. The van der Waals surface area contributed by atoms with E-state index in [1.165, 1.54) is 0 Å². The highest BCUT2D eigenvalue weighted by molar-refractivity contribution is 9.09. The van der Waals surface area contributed by atoms with Gasteiger partial charge in [-0.2, -0.15) is 0 Å². The molecular formula is C7H11BrN2O2. The molecule has 0 bridgehead atoms. The van der Waals surface area contributed by atoms with Crippen LogP contribution in [0.2, 0.25) is 0 Å². The maximum absolute atomic E-state index is 10.9. The Balaban J connectivity index is 2.26. The lowest BCUT2D eigenvalue weighted by molar-refractivity contribution is -0.124. The summed E-state index contributed by atoms with van der Waals surface area (Å²) in [7, 11) is 0. The van der Waals surface area contributed by atoms with E-state index in [0.717, 1.165) is 6.42 Å². The van der Waals surface area contributed by atoms with Crippen LogP contribution in [0.15, 0.2) is 0 Å². The molecule has 1 fully saturated rings. The average Bonchev–Trinajstić information content (AvgIpc) is 2.09. The third kappa shape index (κ3) is 2.81. The minimum absolute atomic E-state index is 0.0313. The van der Waals surface area contributed by atoms with Gasteiger partial charge in [0.2, 0.25) is 11.8 Å². The molecule has 1 heterocycles. The first-order chi connectivity index (χ1) is 5.72. The van der Waals surface area contributed by atoms with Crippen LogP contribution in [0.1, 0.15) is 12.8 Å². The number of alkyl halides is 1. The first-order valence-corrected chi connectivity index (χ1v) is 4.96. The number of halogens is 1. The van der Waals surface area contributed by atoms with Gasteiger partial charge in [-0.25, -0.2) is 0 Å². The zero-order valence-corrected chi connectivity index (χ0v) is 8.19. The van der Waals surface area contributed by atoms with Gasteiger partial charge < -0.3 is 10.6 Å². The SMILES string of the molecule is O=C1CCC(NC(=O)CBr)CN1. The second kappa shape index (κ2) is 4.45. The smallest absolute Gasteiger partial charge is 0.230 e. The van der Waals surface area contributed by atoms with Crippen molar-refractivity contribution in [2.75, 3.05) is 11.9 Å². The molecule has 1 atom stereocenters. The van der Waals surface area contributed by atoms with E-state index in [2.05, 4.69) is 26.6 Å². The van der Waals surface area contributed by atoms with E-state index in [1.54, 1.807) is 0 Å². The maximum Gasteiger partial charge on any atom is 0.230 e. The quantitative estimate of drug-likeness (QED) is 0.650. The lowest BCUT2D eigenvalue weighted by Crippen LogP contribution is -2.48. The van der Waals surface area contributed by atoms with E-state index >= 15 is 0 Å². The molecule has 1 rings (SSSR count). The second-order valence-electron chi connectivity index (χ2n) is 2.74. The molecule has 2 amide bonds. The van der Waals surface area contributed by atoms with Gasteiger partial charge in [0.1, 0.15) is 0 Å². The van der Waals surface area contributed by atoms with Crippen LogP contribution in [0.5, 0.6) is 0 Å². The van der Waals surface area contributed by atoms with Crippen molar-refractivity contribution < 1.29 is 9.59 Å². The fourth-order valence-electron chi connectivity index (χ4n) is 1.12. The van der Waals surface area contributed by atoms with E-state index in [4.69, 9.17) is 0 Å². The molecule has 4 nitrogen and oxygen atoms in total. The highest BCUT2D eigenvalue weighted by atomic mass is 79.9. The topological polar surface area (TPSA) is 58.2 Å². The monoisotopic (exact) mass is 234 g/mol. The van der Waals surface area contributed by atoms with Gasteiger partial charge in [0, 0.05) is 19.0 Å². The highest BCUT2D eigenvalue weighted by Crippen LogP contribution is 2.02. The molecule has 1 unspecified atom stereocenters. The van der Waals surface area contributed by atoms with E-state index in [9.17, 15) is 9.59 Å². The van der Waals surface area contributed by atoms with Crippen LogP contribution in [-0.4, -0.2) is 29.7 Å². The number of piperidine rings is 1. The molecule has 5 heteroatoms. The molecule has 0 aromatic heterocycles. The highest BCUT2D eigenvalue weighted by Gasteiger charge is 2.18. The van der Waals surface area contributed by atoms with Gasteiger partial charge >= 0.3 is 0 Å². The minimum atomic E-state index is -0.0313. The van der Waals surface area contributed by atoms with Crippen LogP contribution in [0, 0.1) is 0 Å². The van der Waals surface area contributed by atoms with Crippen molar-refractivity contribution in [2.24, 2.45) is 0 Å². The van der Waals surface area contributed by atoms with E-state index in [0.29, 0.717) is 18.3 Å². The molecule has 0 radical (unpaired) electrons. The van der Waals surface area contributed by atoms with Crippen molar-refractivity contribution in [1.29, 1.82) is 0 Å². The molecule has 0 aromatic rings. The number of carbonyl (C=O) groups excluding carboxylic acids is 2. The molecule has 2 N–H and O–H groups in total. The van der Waals surface area contributed by atoms with Crippen molar-refractivity contribution in [3.8, 4) is 0 Å². The molecule has 68 valence electrons. The fraction of sp³-hybridized carbons (Fsp3) is 0.714. The van der Waals surface area contributed by atoms with E-state index < -0.39 is 0 Å². The molecule has 1 aliphatic heterocycles. The molecule has 0 spiro atoms. The Labute approximate surface area is 79.2 Å². The van der Waals surface area contributed by atoms with Gasteiger partial charge in [0.15, 0.2) is 0 Å². The predicted octanol–water partition coefficient (Wildman–Crippen LogP) is -0.224. The van der Waals surface area contributed by atoms with Gasteiger partial charge in [0.25, 0.3) is 0 Å². The van der Waals surface area contributed by atoms with E-state index in [-0.39, 0.29) is 17.9 Å². The molecular weight excluding hydrogens is 224 g/mol. The first-order valence-electron chi connectivity index (χ1n) is 3.84. The zero-order chi connectivity index (χ0) is 8.97. The largest absolute Gasteiger partial charge is 0.354 e. The number of rotatable bonds is 2. The summed E-state index contributed by atoms with van der Waals surface area (Å²) in [6.45, 7) is 0.553. The summed E-state index contributed by atoms with van der Waals surface area (Å²) >= 11 is 3.05. The number of carbonyl (C=O) groups is 2. The summed E-state index contributed by atoms with van der Waals surface area (Å²) in [6, 6.07) is 0.104. The van der Waals surface area contributed by atoms with Gasteiger partial charge in [-0.05, 0) is 6.42 Å². The molecule has 1 saturated heterocycles. The lowest BCUT2D eigenvalue weighted by atomic mass is 10.1. The van der Waals surface area contributed by atoms with Crippen LogP contribution in [0.4, 0.5) is 0 Å². The van der Waals surface area contributed by atoms with Crippen LogP contribution >= 0.6 is 15.9 Å². The molecule has 0 aliphatic carbocycles. The average molecular weight is 235 g/mol. The summed E-state index contributed by atoms with van der Waals surface area (Å²) < 4.78 is 0. The van der Waals surface area contributed by atoms with Crippen LogP contribution < -0.4 is 10.6 Å². The standard InChI is InChI=1S/C7H11BrN2O2/c8-3-7(12)10-5-1-2-6(11)9-4-5/h5H,1-4H2,(H,9,11)(H,10,12). The summed E-state index contributed by atoms with van der Waals surface area (Å²) in [6.07, 6.45) is 1.25. The van der Waals surface area contributed by atoms with Crippen LogP contribution in [0.3, 0.4) is 0 Å². The van der Waals surface area contributed by atoms with Crippen molar-refractivity contribution in [3.05, 3.63) is 0 Å². The third-order valence-electron chi connectivity index (χ3n) is 1.75. The van der Waals surface area contributed by atoms with Crippen molar-refractivity contribution in [3.63, 3.8) is 0 Å². The first kappa shape index (κ1) is 9.51. The molecule has 0 aromatic carbocycles. The Morgan fingerprint density at radius 3 is 3.00 bits per heavy atom. The fourth-order valence-corrected chi connectivity index (χ4v) is 1.28. The van der Waals surface area contributed by atoms with Crippen molar-refractivity contribution in [1.82, 2.24) is 10.6 Å². The van der Waals surface area contributed by atoms with Crippen molar-refractivity contribution >= 4 is 27.7 Å². The number of amides is 2. The van der Waals surface area contributed by atoms with Crippen LogP contribution in [-0.2, 0) is 9.59 Å². The van der Waals surface area contributed by atoms with Gasteiger partial charge in [-0.15, -0.1) is 0 Å². The number of hydrogen-bond donors (Lipinski definition) is 2. The zero-order valence-electron chi connectivity index (χ0n) is 6.60. The summed E-state index contributed by atoms with van der Waals surface area (Å²) in [5.41, 5.74) is 0. The summed E-state index contributed by atoms with van der Waals surface area (Å²) in [5, 5.41) is 5.80. The molecule has 12 heavy (non-hydrogen) atoms. The van der Waals surface area contributed by atoms with Gasteiger partial charge in [-0.3, -0.25) is 9.59 Å². The molecule has 0 saturated carbocycles. The number of hydrogen-bond acceptors (Lipinski definition) is 2.